The first kappa shape index (κ1) is 14.3. The summed E-state index contributed by atoms with van der Waals surface area (Å²) in [4.78, 5) is 2.48. The van der Waals surface area contributed by atoms with Crippen molar-refractivity contribution in [1.29, 1.82) is 0 Å². The maximum Gasteiger partial charge on any atom is 0.0695 e. The maximum absolute atomic E-state index is 10.3. The van der Waals surface area contributed by atoms with Gasteiger partial charge in [-0.05, 0) is 44.4 Å². The first-order chi connectivity index (χ1) is 8.58. The zero-order valence-electron chi connectivity index (χ0n) is 12.1. The first-order valence-corrected chi connectivity index (χ1v) is 7.61. The van der Waals surface area contributed by atoms with Crippen molar-refractivity contribution in [2.45, 2.75) is 64.7 Å². The summed E-state index contributed by atoms with van der Waals surface area (Å²) >= 11 is 0. The fraction of sp³-hybridized carbons (Fsp3) is 1.00. The molecule has 3 nitrogen and oxygen atoms in total. The van der Waals surface area contributed by atoms with Gasteiger partial charge in [0.2, 0.25) is 0 Å². The molecule has 0 spiro atoms. The van der Waals surface area contributed by atoms with E-state index in [0.717, 1.165) is 50.8 Å². The van der Waals surface area contributed by atoms with Crippen LogP contribution in [-0.2, 0) is 4.74 Å². The Morgan fingerprint density at radius 3 is 2.78 bits per heavy atom. The van der Waals surface area contributed by atoms with E-state index in [4.69, 9.17) is 4.74 Å². The molecule has 2 rings (SSSR count). The summed E-state index contributed by atoms with van der Waals surface area (Å²) in [7, 11) is 0. The second-order valence-electron chi connectivity index (χ2n) is 6.48. The Morgan fingerprint density at radius 2 is 2.06 bits per heavy atom. The minimum Gasteiger partial charge on any atom is -0.391 e. The molecule has 0 aromatic carbocycles. The zero-order chi connectivity index (χ0) is 13.1. The van der Waals surface area contributed by atoms with Gasteiger partial charge in [-0.2, -0.15) is 0 Å². The van der Waals surface area contributed by atoms with E-state index in [2.05, 4.69) is 25.7 Å². The average molecular weight is 255 g/mol. The lowest BCUT2D eigenvalue weighted by molar-refractivity contribution is -0.0146. The largest absolute Gasteiger partial charge is 0.391 e. The Balaban J connectivity index is 1.99. The third kappa shape index (κ3) is 3.46. The van der Waals surface area contributed by atoms with Gasteiger partial charge in [0.25, 0.3) is 0 Å². The molecule has 2 aliphatic rings. The molecule has 0 aromatic rings. The monoisotopic (exact) mass is 255 g/mol. The summed E-state index contributed by atoms with van der Waals surface area (Å²) in [5.41, 5.74) is 0. The Bertz CT molecular complexity index is 257. The van der Waals surface area contributed by atoms with Crippen molar-refractivity contribution in [3.8, 4) is 0 Å². The molecule has 0 amide bonds. The van der Waals surface area contributed by atoms with Crippen LogP contribution in [0.5, 0.6) is 0 Å². The second kappa shape index (κ2) is 6.36. The van der Waals surface area contributed by atoms with E-state index < -0.39 is 0 Å². The van der Waals surface area contributed by atoms with Crippen molar-refractivity contribution in [3.63, 3.8) is 0 Å². The summed E-state index contributed by atoms with van der Waals surface area (Å²) in [6.45, 7) is 9.70. The molecule has 1 saturated carbocycles. The van der Waals surface area contributed by atoms with Crippen molar-refractivity contribution >= 4 is 0 Å². The molecule has 3 heteroatoms. The third-order valence-electron chi connectivity index (χ3n) is 4.72. The highest BCUT2D eigenvalue weighted by Crippen LogP contribution is 2.33. The van der Waals surface area contributed by atoms with E-state index in [1.54, 1.807) is 0 Å². The molecule has 0 bridgehead atoms. The smallest absolute Gasteiger partial charge is 0.0695 e. The van der Waals surface area contributed by atoms with E-state index >= 15 is 0 Å². The predicted octanol–water partition coefficient (Wildman–Crippen LogP) is 2.28. The molecule has 1 saturated heterocycles. The lowest BCUT2D eigenvalue weighted by atomic mass is 9.77. The Hall–Kier alpha value is -0.120. The van der Waals surface area contributed by atoms with E-state index in [1.807, 2.05) is 0 Å². The van der Waals surface area contributed by atoms with Gasteiger partial charge in [-0.25, -0.2) is 0 Å². The second-order valence-corrected chi connectivity index (χ2v) is 6.48. The van der Waals surface area contributed by atoms with Gasteiger partial charge in [-0.15, -0.1) is 0 Å². The van der Waals surface area contributed by atoms with Gasteiger partial charge in [0.05, 0.1) is 12.2 Å². The summed E-state index contributed by atoms with van der Waals surface area (Å²) in [5.74, 6) is 1.51. The molecule has 1 N–H and O–H groups in total. The molecule has 1 aliphatic heterocycles. The van der Waals surface area contributed by atoms with Crippen molar-refractivity contribution in [2.75, 3.05) is 19.7 Å². The van der Waals surface area contributed by atoms with E-state index in [-0.39, 0.29) is 6.10 Å². The topological polar surface area (TPSA) is 32.7 Å². The van der Waals surface area contributed by atoms with Crippen LogP contribution in [-0.4, -0.2) is 48.0 Å². The van der Waals surface area contributed by atoms with Gasteiger partial charge in [-0.1, -0.05) is 13.8 Å². The third-order valence-corrected chi connectivity index (χ3v) is 4.72. The number of nitrogens with zero attached hydrogens (tertiary/aromatic N) is 1. The van der Waals surface area contributed by atoms with Gasteiger partial charge >= 0.3 is 0 Å². The van der Waals surface area contributed by atoms with Crippen LogP contribution in [0, 0.1) is 11.8 Å². The van der Waals surface area contributed by atoms with Crippen LogP contribution in [0.2, 0.25) is 0 Å². The molecular weight excluding hydrogens is 226 g/mol. The number of aliphatic hydroxyl groups is 1. The first-order valence-electron chi connectivity index (χ1n) is 7.61. The van der Waals surface area contributed by atoms with E-state index in [0.29, 0.717) is 12.1 Å². The van der Waals surface area contributed by atoms with Crippen LogP contribution in [0.4, 0.5) is 0 Å². The highest BCUT2D eigenvalue weighted by molar-refractivity contribution is 4.89. The van der Waals surface area contributed by atoms with Crippen molar-refractivity contribution in [2.24, 2.45) is 11.8 Å². The Kier molecular flexibility index (Phi) is 5.05. The molecule has 1 heterocycles. The number of ether oxygens (including phenoxy) is 1. The molecule has 106 valence electrons. The van der Waals surface area contributed by atoms with Crippen LogP contribution in [0.15, 0.2) is 0 Å². The maximum atomic E-state index is 10.3. The quantitative estimate of drug-likeness (QED) is 0.821. The Morgan fingerprint density at radius 1 is 1.28 bits per heavy atom. The fourth-order valence-corrected chi connectivity index (χ4v) is 3.49. The average Bonchev–Trinajstić information content (AvgIpc) is 2.54. The van der Waals surface area contributed by atoms with Gasteiger partial charge in [0.15, 0.2) is 0 Å². The van der Waals surface area contributed by atoms with E-state index in [9.17, 15) is 5.11 Å². The predicted molar refractivity (Wildman–Crippen MR) is 73.6 cm³/mol. The summed E-state index contributed by atoms with van der Waals surface area (Å²) in [6.07, 6.45) is 4.59. The van der Waals surface area contributed by atoms with Crippen molar-refractivity contribution < 1.29 is 9.84 Å². The van der Waals surface area contributed by atoms with Crippen molar-refractivity contribution in [3.05, 3.63) is 0 Å². The minimum atomic E-state index is -0.134. The highest BCUT2D eigenvalue weighted by Gasteiger charge is 2.35. The van der Waals surface area contributed by atoms with Gasteiger partial charge in [0, 0.05) is 25.7 Å². The van der Waals surface area contributed by atoms with Crippen LogP contribution < -0.4 is 0 Å². The summed E-state index contributed by atoms with van der Waals surface area (Å²) in [6, 6.07) is 0.357. The van der Waals surface area contributed by atoms with Crippen molar-refractivity contribution in [1.82, 2.24) is 4.90 Å². The van der Waals surface area contributed by atoms with Gasteiger partial charge in [-0.3, -0.25) is 4.90 Å². The fourth-order valence-electron chi connectivity index (χ4n) is 3.49. The Labute approximate surface area is 112 Å². The molecule has 4 unspecified atom stereocenters. The SMILES string of the molecule is CC1CN(C2CC(C(C)C)CCC2O)CCCO1. The summed E-state index contributed by atoms with van der Waals surface area (Å²) < 4.78 is 5.71. The highest BCUT2D eigenvalue weighted by atomic mass is 16.5. The zero-order valence-corrected chi connectivity index (χ0v) is 12.1. The number of hydrogen-bond donors (Lipinski definition) is 1. The number of rotatable bonds is 2. The normalized spacial score (nSPS) is 39.8. The summed E-state index contributed by atoms with van der Waals surface area (Å²) in [5, 5.41) is 10.3. The van der Waals surface area contributed by atoms with E-state index in [1.165, 1.54) is 6.42 Å². The van der Waals surface area contributed by atoms with Crippen LogP contribution in [0.25, 0.3) is 0 Å². The minimum absolute atomic E-state index is 0.134. The van der Waals surface area contributed by atoms with Crippen LogP contribution >= 0.6 is 0 Å². The van der Waals surface area contributed by atoms with Gasteiger partial charge in [0.1, 0.15) is 0 Å². The standard InChI is InChI=1S/C15H29NO2/c1-11(2)13-5-6-15(17)14(9-13)16-7-4-8-18-12(3)10-16/h11-15,17H,4-10H2,1-3H3. The molecule has 18 heavy (non-hydrogen) atoms. The van der Waals surface area contributed by atoms with Gasteiger partial charge < -0.3 is 9.84 Å². The molecular formula is C15H29NO2. The van der Waals surface area contributed by atoms with Crippen LogP contribution in [0.3, 0.4) is 0 Å². The number of hydrogen-bond acceptors (Lipinski definition) is 3. The molecule has 4 atom stereocenters. The lowest BCUT2D eigenvalue weighted by Gasteiger charge is -2.41. The molecule has 0 aromatic heterocycles. The molecule has 1 aliphatic carbocycles. The number of aliphatic hydroxyl groups excluding tert-OH is 1. The lowest BCUT2D eigenvalue weighted by Crippen LogP contribution is -2.49. The molecule has 0 radical (unpaired) electrons. The molecule has 2 fully saturated rings. The van der Waals surface area contributed by atoms with Crippen LogP contribution in [0.1, 0.15) is 46.5 Å².